The molecule has 1 saturated heterocycles. The minimum Gasteiger partial charge on any atom is -0.507 e. The van der Waals surface area contributed by atoms with E-state index in [1.165, 1.54) is 4.90 Å². The monoisotopic (exact) mass is 437 g/mol. The number of aliphatic hydroxyl groups excluding tert-OH is 1. The van der Waals surface area contributed by atoms with Crippen LogP contribution in [0.2, 0.25) is 0 Å². The molecular weight excluding hydrogens is 406 g/mol. The van der Waals surface area contributed by atoms with Crippen LogP contribution in [0.1, 0.15) is 50.4 Å². The Morgan fingerprint density at radius 2 is 1.81 bits per heavy atom. The highest BCUT2D eigenvalue weighted by molar-refractivity contribution is 6.46. The van der Waals surface area contributed by atoms with Gasteiger partial charge in [-0.2, -0.15) is 0 Å². The molecule has 6 nitrogen and oxygen atoms in total. The molecule has 3 rings (SSSR count). The summed E-state index contributed by atoms with van der Waals surface area (Å²) in [7, 11) is 0. The van der Waals surface area contributed by atoms with E-state index >= 15 is 0 Å². The summed E-state index contributed by atoms with van der Waals surface area (Å²) in [5, 5.41) is 11.1. The van der Waals surface area contributed by atoms with Crippen molar-refractivity contribution in [3.8, 4) is 5.75 Å². The molecule has 6 heteroatoms. The first-order valence-corrected chi connectivity index (χ1v) is 11.1. The van der Waals surface area contributed by atoms with Crippen LogP contribution in [0.4, 0.5) is 0 Å². The number of benzene rings is 2. The van der Waals surface area contributed by atoms with Crippen molar-refractivity contribution >= 4 is 17.4 Å². The fourth-order valence-corrected chi connectivity index (χ4v) is 3.84. The molecule has 32 heavy (non-hydrogen) atoms. The van der Waals surface area contributed by atoms with Crippen LogP contribution in [-0.4, -0.2) is 47.6 Å². The Morgan fingerprint density at radius 3 is 2.44 bits per heavy atom. The smallest absolute Gasteiger partial charge is 0.295 e. The lowest BCUT2D eigenvalue weighted by Gasteiger charge is -2.26. The first-order valence-electron chi connectivity index (χ1n) is 11.1. The fraction of sp³-hybridized carbons (Fsp3) is 0.385. The molecule has 1 atom stereocenters. The molecule has 0 saturated carbocycles. The molecular formula is C26H31NO5. The third-order valence-electron chi connectivity index (χ3n) is 5.44. The van der Waals surface area contributed by atoms with Gasteiger partial charge in [0.1, 0.15) is 11.5 Å². The van der Waals surface area contributed by atoms with Gasteiger partial charge in [-0.15, -0.1) is 0 Å². The Kier molecular flexibility index (Phi) is 7.70. The molecule has 1 N–H and O–H groups in total. The van der Waals surface area contributed by atoms with Gasteiger partial charge in [0.25, 0.3) is 11.7 Å². The zero-order chi connectivity index (χ0) is 23.3. The van der Waals surface area contributed by atoms with Crippen molar-refractivity contribution in [3.05, 3.63) is 70.8 Å². The van der Waals surface area contributed by atoms with Gasteiger partial charge in [0.15, 0.2) is 0 Å². The van der Waals surface area contributed by atoms with E-state index in [0.29, 0.717) is 23.5 Å². The van der Waals surface area contributed by atoms with Gasteiger partial charge in [0.2, 0.25) is 0 Å². The van der Waals surface area contributed by atoms with Crippen molar-refractivity contribution in [1.82, 2.24) is 4.90 Å². The number of Topliss-reactive ketones (excluding diaryl/α,β-unsaturated/α-hetero) is 1. The molecule has 1 amide bonds. The normalized spacial score (nSPS) is 17.9. The van der Waals surface area contributed by atoms with Crippen LogP contribution in [0.3, 0.4) is 0 Å². The Bertz CT molecular complexity index is 994. The largest absolute Gasteiger partial charge is 0.507 e. The molecule has 0 radical (unpaired) electrons. The zero-order valence-corrected chi connectivity index (χ0v) is 19.1. The van der Waals surface area contributed by atoms with Crippen molar-refractivity contribution in [2.24, 2.45) is 0 Å². The average Bonchev–Trinajstić information content (AvgIpc) is 3.04. The Balaban J connectivity index is 2.08. The van der Waals surface area contributed by atoms with Crippen LogP contribution in [0.5, 0.6) is 5.75 Å². The summed E-state index contributed by atoms with van der Waals surface area (Å²) in [6.07, 6.45) is 0.870. The van der Waals surface area contributed by atoms with E-state index < -0.39 is 17.7 Å². The van der Waals surface area contributed by atoms with Gasteiger partial charge in [0, 0.05) is 12.1 Å². The van der Waals surface area contributed by atoms with Gasteiger partial charge >= 0.3 is 0 Å². The van der Waals surface area contributed by atoms with E-state index in [-0.39, 0.29) is 30.6 Å². The highest BCUT2D eigenvalue weighted by atomic mass is 16.5. The lowest BCUT2D eigenvalue weighted by atomic mass is 9.94. The van der Waals surface area contributed by atoms with Crippen LogP contribution < -0.4 is 4.74 Å². The first kappa shape index (κ1) is 23.5. The van der Waals surface area contributed by atoms with E-state index in [2.05, 4.69) is 0 Å². The minimum absolute atomic E-state index is 0.00337. The Morgan fingerprint density at radius 1 is 1.09 bits per heavy atom. The molecule has 1 aliphatic heterocycles. The second-order valence-corrected chi connectivity index (χ2v) is 7.97. The first-order chi connectivity index (χ1) is 15.4. The van der Waals surface area contributed by atoms with Crippen molar-refractivity contribution < 1.29 is 24.2 Å². The number of aliphatic hydroxyl groups is 1. The van der Waals surface area contributed by atoms with Gasteiger partial charge in [-0.1, -0.05) is 43.3 Å². The van der Waals surface area contributed by atoms with Gasteiger partial charge < -0.3 is 19.5 Å². The van der Waals surface area contributed by atoms with Gasteiger partial charge in [-0.05, 0) is 50.5 Å². The summed E-state index contributed by atoms with van der Waals surface area (Å²) in [6, 6.07) is 13.9. The van der Waals surface area contributed by atoms with E-state index in [1.807, 2.05) is 64.1 Å². The molecule has 1 heterocycles. The van der Waals surface area contributed by atoms with Crippen LogP contribution >= 0.6 is 0 Å². The Labute approximate surface area is 189 Å². The number of nitrogens with zero attached hydrogens (tertiary/aromatic N) is 1. The molecule has 2 aromatic rings. The number of hydrogen-bond donors (Lipinski definition) is 1. The quantitative estimate of drug-likeness (QED) is 0.355. The molecule has 1 aliphatic rings. The summed E-state index contributed by atoms with van der Waals surface area (Å²) in [5.41, 5.74) is 2.40. The molecule has 0 aromatic heterocycles. The number of carbonyl (C=O) groups excluding carboxylic acids is 2. The molecule has 1 unspecified atom stereocenters. The highest BCUT2D eigenvalue weighted by Crippen LogP contribution is 2.40. The van der Waals surface area contributed by atoms with Gasteiger partial charge in [0.05, 0.1) is 30.9 Å². The maximum atomic E-state index is 13.1. The second kappa shape index (κ2) is 10.5. The summed E-state index contributed by atoms with van der Waals surface area (Å²) >= 11 is 0. The average molecular weight is 438 g/mol. The van der Waals surface area contributed by atoms with Crippen molar-refractivity contribution in [2.75, 3.05) is 19.8 Å². The number of hydrogen-bond acceptors (Lipinski definition) is 5. The number of carbonyl (C=O) groups is 2. The predicted octanol–water partition coefficient (Wildman–Crippen LogP) is 4.49. The third-order valence-corrected chi connectivity index (χ3v) is 5.44. The zero-order valence-electron chi connectivity index (χ0n) is 19.1. The molecule has 1 fully saturated rings. The molecule has 0 aliphatic carbocycles. The van der Waals surface area contributed by atoms with E-state index in [1.54, 1.807) is 12.1 Å². The summed E-state index contributed by atoms with van der Waals surface area (Å²) in [5.74, 6) is -0.874. The molecule has 0 spiro atoms. The topological polar surface area (TPSA) is 76.1 Å². The van der Waals surface area contributed by atoms with Crippen molar-refractivity contribution in [3.63, 3.8) is 0 Å². The van der Waals surface area contributed by atoms with Crippen LogP contribution in [0.25, 0.3) is 5.76 Å². The number of aryl methyl sites for hydroxylation is 1. The number of ketones is 1. The fourth-order valence-electron chi connectivity index (χ4n) is 3.84. The molecule has 170 valence electrons. The van der Waals surface area contributed by atoms with Crippen molar-refractivity contribution in [2.45, 2.75) is 46.3 Å². The number of amides is 1. The predicted molar refractivity (Wildman–Crippen MR) is 124 cm³/mol. The van der Waals surface area contributed by atoms with E-state index in [0.717, 1.165) is 12.0 Å². The summed E-state index contributed by atoms with van der Waals surface area (Å²) in [4.78, 5) is 27.5. The number of rotatable bonds is 9. The van der Waals surface area contributed by atoms with Crippen LogP contribution in [0.15, 0.2) is 54.1 Å². The van der Waals surface area contributed by atoms with Crippen LogP contribution in [-0.2, 0) is 20.7 Å². The molecule has 2 aromatic carbocycles. The number of likely N-dealkylation sites (tertiary alicyclic amines) is 1. The Hall–Kier alpha value is -3.12. The third kappa shape index (κ3) is 5.02. The second-order valence-electron chi connectivity index (χ2n) is 7.97. The van der Waals surface area contributed by atoms with E-state index in [9.17, 15) is 14.7 Å². The molecule has 0 bridgehead atoms. The SMILES string of the molecule is CCOc1cccc(C2/C(=C(/O)c3ccc(CC)cc3)C(=O)C(=O)N2CCOC(C)C)c1. The lowest BCUT2D eigenvalue weighted by Crippen LogP contribution is -2.33. The van der Waals surface area contributed by atoms with E-state index in [4.69, 9.17) is 9.47 Å². The maximum Gasteiger partial charge on any atom is 0.295 e. The standard InChI is InChI=1S/C26H31NO5/c1-5-18-10-12-19(13-11-18)24(28)22-23(20-8-7-9-21(16-20)31-6-2)27(26(30)25(22)29)14-15-32-17(3)4/h7-13,16-17,23,28H,5-6,14-15H2,1-4H3/b24-22-. The highest BCUT2D eigenvalue weighted by Gasteiger charge is 2.46. The summed E-state index contributed by atoms with van der Waals surface area (Å²) in [6.45, 7) is 8.78. The van der Waals surface area contributed by atoms with Gasteiger partial charge in [-0.3, -0.25) is 9.59 Å². The van der Waals surface area contributed by atoms with Crippen LogP contribution in [0, 0.1) is 0 Å². The number of ether oxygens (including phenoxy) is 2. The van der Waals surface area contributed by atoms with Gasteiger partial charge in [-0.25, -0.2) is 0 Å². The minimum atomic E-state index is -0.725. The maximum absolute atomic E-state index is 13.1. The lowest BCUT2D eigenvalue weighted by molar-refractivity contribution is -0.140. The summed E-state index contributed by atoms with van der Waals surface area (Å²) < 4.78 is 11.3. The van der Waals surface area contributed by atoms with Crippen molar-refractivity contribution in [1.29, 1.82) is 0 Å².